The molecule has 0 radical (unpaired) electrons. The van der Waals surface area contributed by atoms with Crippen LogP contribution in [-0.2, 0) is 16.2 Å². The van der Waals surface area contributed by atoms with Crippen molar-refractivity contribution >= 4 is 22.9 Å². The van der Waals surface area contributed by atoms with E-state index in [1.807, 2.05) is 30.5 Å². The van der Waals surface area contributed by atoms with E-state index in [-0.39, 0.29) is 5.82 Å². The van der Waals surface area contributed by atoms with Gasteiger partial charge in [0.05, 0.1) is 0 Å². The zero-order valence-corrected chi connectivity index (χ0v) is 12.3. The van der Waals surface area contributed by atoms with Crippen molar-refractivity contribution in [3.05, 3.63) is 77.7 Å². The van der Waals surface area contributed by atoms with Gasteiger partial charge in [0.2, 0.25) is 0 Å². The van der Waals surface area contributed by atoms with Crippen molar-refractivity contribution in [1.29, 1.82) is 0 Å². The third kappa shape index (κ3) is 3.46. The molecule has 3 aromatic rings. The molecule has 0 bridgehead atoms. The summed E-state index contributed by atoms with van der Waals surface area (Å²) in [4.78, 5) is 15.1. The van der Waals surface area contributed by atoms with Crippen molar-refractivity contribution < 1.29 is 14.0 Å². The standard InChI is InChI=1S/C18H15FN2O2/c19-16-5-1-14(2-6-16)12-21-10-9-15-11-13(3-7-17(15)21)4-8-18(22)23-20/h1-11H,12,20H2/b8-4+. The Bertz CT molecular complexity index is 866. The van der Waals surface area contributed by atoms with Crippen LogP contribution in [0, 0.1) is 5.82 Å². The summed E-state index contributed by atoms with van der Waals surface area (Å²) in [5, 5.41) is 1.05. The van der Waals surface area contributed by atoms with E-state index in [1.54, 1.807) is 18.2 Å². The minimum Gasteiger partial charge on any atom is -0.370 e. The average Bonchev–Trinajstić information content (AvgIpc) is 2.97. The highest BCUT2D eigenvalue weighted by Crippen LogP contribution is 2.20. The zero-order chi connectivity index (χ0) is 16.2. The number of hydrogen-bond acceptors (Lipinski definition) is 3. The monoisotopic (exact) mass is 310 g/mol. The number of benzene rings is 2. The van der Waals surface area contributed by atoms with Crippen molar-refractivity contribution in [2.45, 2.75) is 6.54 Å². The number of nitrogens with two attached hydrogens (primary N) is 1. The van der Waals surface area contributed by atoms with Crippen LogP contribution in [0.4, 0.5) is 4.39 Å². The second-order valence-electron chi connectivity index (χ2n) is 5.16. The quantitative estimate of drug-likeness (QED) is 0.594. The van der Waals surface area contributed by atoms with Crippen LogP contribution in [0.15, 0.2) is 60.8 Å². The molecule has 5 heteroatoms. The van der Waals surface area contributed by atoms with E-state index in [9.17, 15) is 9.18 Å². The molecule has 0 aliphatic heterocycles. The lowest BCUT2D eigenvalue weighted by Gasteiger charge is -2.06. The first kappa shape index (κ1) is 15.0. The van der Waals surface area contributed by atoms with Gasteiger partial charge in [0.1, 0.15) is 5.82 Å². The van der Waals surface area contributed by atoms with E-state index in [4.69, 9.17) is 5.90 Å². The van der Waals surface area contributed by atoms with Gasteiger partial charge in [-0.15, -0.1) is 0 Å². The van der Waals surface area contributed by atoms with E-state index >= 15 is 0 Å². The number of carbonyl (C=O) groups is 1. The molecule has 4 nitrogen and oxygen atoms in total. The minimum absolute atomic E-state index is 0.237. The maximum Gasteiger partial charge on any atom is 0.349 e. The third-order valence-corrected chi connectivity index (χ3v) is 3.59. The van der Waals surface area contributed by atoms with Crippen LogP contribution in [0.3, 0.4) is 0 Å². The zero-order valence-electron chi connectivity index (χ0n) is 12.3. The summed E-state index contributed by atoms with van der Waals surface area (Å²) in [6.45, 7) is 0.665. The summed E-state index contributed by atoms with van der Waals surface area (Å²) in [5.74, 6) is 3.95. The highest BCUT2D eigenvalue weighted by atomic mass is 19.1. The van der Waals surface area contributed by atoms with Crippen molar-refractivity contribution in [3.63, 3.8) is 0 Å². The Balaban J connectivity index is 1.85. The van der Waals surface area contributed by atoms with Crippen molar-refractivity contribution in [3.8, 4) is 0 Å². The van der Waals surface area contributed by atoms with Gasteiger partial charge in [0.15, 0.2) is 0 Å². The number of nitrogens with zero attached hydrogens (tertiary/aromatic N) is 1. The normalized spacial score (nSPS) is 11.2. The third-order valence-electron chi connectivity index (χ3n) is 3.59. The molecule has 2 N–H and O–H groups in total. The Morgan fingerprint density at radius 3 is 2.70 bits per heavy atom. The fraction of sp³-hybridized carbons (Fsp3) is 0.0556. The van der Waals surface area contributed by atoms with E-state index in [1.165, 1.54) is 18.2 Å². The summed E-state index contributed by atoms with van der Waals surface area (Å²) >= 11 is 0. The highest BCUT2D eigenvalue weighted by Gasteiger charge is 2.03. The molecule has 1 aromatic heterocycles. The molecule has 0 saturated heterocycles. The van der Waals surface area contributed by atoms with Gasteiger partial charge in [-0.25, -0.2) is 9.18 Å². The lowest BCUT2D eigenvalue weighted by Crippen LogP contribution is -2.05. The van der Waals surface area contributed by atoms with E-state index in [0.29, 0.717) is 6.54 Å². The van der Waals surface area contributed by atoms with Crippen LogP contribution in [0.2, 0.25) is 0 Å². The molecule has 0 unspecified atom stereocenters. The molecule has 116 valence electrons. The second kappa shape index (κ2) is 6.46. The molecule has 0 aliphatic carbocycles. The van der Waals surface area contributed by atoms with E-state index < -0.39 is 5.97 Å². The van der Waals surface area contributed by atoms with Gasteiger partial charge >= 0.3 is 5.97 Å². The number of aromatic nitrogens is 1. The van der Waals surface area contributed by atoms with Gasteiger partial charge in [-0.3, -0.25) is 0 Å². The fourth-order valence-electron chi connectivity index (χ4n) is 2.45. The molecule has 0 spiro atoms. The molecule has 1 heterocycles. The number of fused-ring (bicyclic) bond motifs is 1. The van der Waals surface area contributed by atoms with Crippen molar-refractivity contribution in [2.24, 2.45) is 5.90 Å². The maximum atomic E-state index is 13.0. The first-order valence-corrected chi connectivity index (χ1v) is 7.08. The van der Waals surface area contributed by atoms with Crippen LogP contribution in [0.1, 0.15) is 11.1 Å². The predicted octanol–water partition coefficient (Wildman–Crippen LogP) is 3.26. The molecule has 0 aliphatic rings. The molecule has 0 fully saturated rings. The largest absolute Gasteiger partial charge is 0.370 e. The van der Waals surface area contributed by atoms with Crippen LogP contribution in [-0.4, -0.2) is 10.5 Å². The molecule has 2 aromatic carbocycles. The second-order valence-corrected chi connectivity index (χ2v) is 5.16. The molecular formula is C18H15FN2O2. The Kier molecular flexibility index (Phi) is 4.21. The van der Waals surface area contributed by atoms with Gasteiger partial charge < -0.3 is 9.40 Å². The van der Waals surface area contributed by atoms with Crippen LogP contribution in [0.25, 0.3) is 17.0 Å². The van der Waals surface area contributed by atoms with Crippen LogP contribution >= 0.6 is 0 Å². The van der Waals surface area contributed by atoms with Gasteiger partial charge in [-0.2, -0.15) is 5.90 Å². The SMILES string of the molecule is NOC(=O)/C=C/c1ccc2c(ccn2Cc2ccc(F)cc2)c1. The molecule has 23 heavy (non-hydrogen) atoms. The van der Waals surface area contributed by atoms with Crippen LogP contribution < -0.4 is 5.90 Å². The summed E-state index contributed by atoms with van der Waals surface area (Å²) < 4.78 is 15.1. The number of carbonyl (C=O) groups excluding carboxylic acids is 1. The first-order chi connectivity index (χ1) is 11.2. The lowest BCUT2D eigenvalue weighted by atomic mass is 10.1. The molecule has 0 amide bonds. The van der Waals surface area contributed by atoms with Crippen molar-refractivity contribution in [1.82, 2.24) is 4.57 Å². The Morgan fingerprint density at radius 1 is 1.17 bits per heavy atom. The minimum atomic E-state index is -0.598. The number of hydrogen-bond donors (Lipinski definition) is 1. The lowest BCUT2D eigenvalue weighted by molar-refractivity contribution is -0.138. The molecule has 3 rings (SSSR count). The Labute approximate surface area is 132 Å². The highest BCUT2D eigenvalue weighted by molar-refractivity contribution is 5.88. The predicted molar refractivity (Wildman–Crippen MR) is 86.8 cm³/mol. The van der Waals surface area contributed by atoms with E-state index in [0.717, 1.165) is 22.0 Å². The molecule has 0 saturated carbocycles. The average molecular weight is 310 g/mol. The van der Waals surface area contributed by atoms with Gasteiger partial charge in [-0.05, 0) is 47.5 Å². The summed E-state index contributed by atoms with van der Waals surface area (Å²) in [5.41, 5.74) is 2.97. The van der Waals surface area contributed by atoms with Gasteiger partial charge in [0.25, 0.3) is 0 Å². The summed E-state index contributed by atoms with van der Waals surface area (Å²) in [6.07, 6.45) is 4.90. The number of halogens is 1. The number of rotatable bonds is 4. The topological polar surface area (TPSA) is 57.2 Å². The Hall–Kier alpha value is -2.92. The fourth-order valence-corrected chi connectivity index (χ4v) is 2.45. The van der Waals surface area contributed by atoms with Crippen LogP contribution in [0.5, 0.6) is 0 Å². The maximum absolute atomic E-state index is 13.0. The molecular weight excluding hydrogens is 295 g/mol. The molecule has 0 atom stereocenters. The van der Waals surface area contributed by atoms with Crippen molar-refractivity contribution in [2.75, 3.05) is 0 Å². The van der Waals surface area contributed by atoms with Gasteiger partial charge in [0, 0.05) is 29.7 Å². The summed E-state index contributed by atoms with van der Waals surface area (Å²) in [7, 11) is 0. The smallest absolute Gasteiger partial charge is 0.349 e. The van der Waals surface area contributed by atoms with Gasteiger partial charge in [-0.1, -0.05) is 18.2 Å². The Morgan fingerprint density at radius 2 is 1.96 bits per heavy atom. The summed E-state index contributed by atoms with van der Waals surface area (Å²) in [6, 6.07) is 14.3. The first-order valence-electron chi connectivity index (χ1n) is 7.08. The van der Waals surface area contributed by atoms with E-state index in [2.05, 4.69) is 9.40 Å².